The lowest BCUT2D eigenvalue weighted by molar-refractivity contribution is -0.146. The standard InChI is InChI=1S/C13H15NO3/c15-12(16)13(14-17,11-8-4-5-9-11)10-6-2-1-3-7-10/h1-3,6-7,11H,4-5,8-9H2,(H,15,16)/t13-/m0/s1. The van der Waals surface area contributed by atoms with Crippen LogP contribution in [0, 0.1) is 10.8 Å². The van der Waals surface area contributed by atoms with Crippen LogP contribution in [0.5, 0.6) is 0 Å². The number of aliphatic carboxylic acids is 1. The van der Waals surface area contributed by atoms with Crippen LogP contribution in [0.25, 0.3) is 0 Å². The van der Waals surface area contributed by atoms with E-state index in [4.69, 9.17) is 0 Å². The summed E-state index contributed by atoms with van der Waals surface area (Å²) in [5.74, 6) is -1.31. The first kappa shape index (κ1) is 11.8. The minimum atomic E-state index is -1.60. The van der Waals surface area contributed by atoms with E-state index in [0.29, 0.717) is 5.56 Å². The summed E-state index contributed by atoms with van der Waals surface area (Å²) >= 11 is 0. The van der Waals surface area contributed by atoms with Crippen LogP contribution in [0.3, 0.4) is 0 Å². The summed E-state index contributed by atoms with van der Waals surface area (Å²) in [6.07, 6.45) is 3.46. The molecule has 1 atom stereocenters. The normalized spacial score (nSPS) is 19.8. The van der Waals surface area contributed by atoms with E-state index in [1.807, 2.05) is 0 Å². The second-order valence-corrected chi connectivity index (χ2v) is 4.51. The third kappa shape index (κ3) is 1.84. The third-order valence-electron chi connectivity index (χ3n) is 3.63. The van der Waals surface area contributed by atoms with Gasteiger partial charge in [0.15, 0.2) is 0 Å². The van der Waals surface area contributed by atoms with Crippen molar-refractivity contribution in [1.29, 1.82) is 0 Å². The van der Waals surface area contributed by atoms with Crippen molar-refractivity contribution >= 4 is 5.97 Å². The van der Waals surface area contributed by atoms with Gasteiger partial charge in [0.25, 0.3) is 0 Å². The summed E-state index contributed by atoms with van der Waals surface area (Å²) in [5, 5.41) is 12.5. The molecule has 4 heteroatoms. The molecule has 0 aromatic heterocycles. The molecule has 2 rings (SSSR count). The highest BCUT2D eigenvalue weighted by molar-refractivity contribution is 5.81. The first-order valence-corrected chi connectivity index (χ1v) is 5.85. The monoisotopic (exact) mass is 233 g/mol. The molecule has 1 aromatic rings. The molecule has 0 aliphatic heterocycles. The van der Waals surface area contributed by atoms with Gasteiger partial charge in [-0.1, -0.05) is 43.2 Å². The highest BCUT2D eigenvalue weighted by Crippen LogP contribution is 2.43. The summed E-state index contributed by atoms with van der Waals surface area (Å²) < 4.78 is 0. The Labute approximate surface area is 99.6 Å². The summed E-state index contributed by atoms with van der Waals surface area (Å²) in [5.41, 5.74) is -1.10. The van der Waals surface area contributed by atoms with Crippen molar-refractivity contribution in [2.45, 2.75) is 31.2 Å². The first-order valence-electron chi connectivity index (χ1n) is 5.85. The molecule has 0 heterocycles. The van der Waals surface area contributed by atoms with Crippen LogP contribution in [0.1, 0.15) is 31.2 Å². The Hall–Kier alpha value is -1.71. The zero-order chi connectivity index (χ0) is 12.3. The molecule has 17 heavy (non-hydrogen) atoms. The van der Waals surface area contributed by atoms with Gasteiger partial charge >= 0.3 is 5.97 Å². The van der Waals surface area contributed by atoms with Crippen molar-refractivity contribution in [2.75, 3.05) is 0 Å². The maximum absolute atomic E-state index is 11.5. The molecule has 1 fully saturated rings. The fourth-order valence-electron chi connectivity index (χ4n) is 2.74. The molecule has 0 bridgehead atoms. The highest BCUT2D eigenvalue weighted by atomic mass is 16.4. The lowest BCUT2D eigenvalue weighted by atomic mass is 9.77. The van der Waals surface area contributed by atoms with E-state index >= 15 is 0 Å². The van der Waals surface area contributed by atoms with Crippen molar-refractivity contribution in [2.24, 2.45) is 11.1 Å². The number of hydrogen-bond acceptors (Lipinski definition) is 3. The molecule has 4 nitrogen and oxygen atoms in total. The van der Waals surface area contributed by atoms with Gasteiger partial charge in [-0.05, 0) is 23.6 Å². The lowest BCUT2D eigenvalue weighted by Crippen LogP contribution is -2.40. The zero-order valence-corrected chi connectivity index (χ0v) is 9.50. The topological polar surface area (TPSA) is 66.7 Å². The largest absolute Gasteiger partial charge is 0.479 e. The molecule has 0 unspecified atom stereocenters. The van der Waals surface area contributed by atoms with Crippen molar-refractivity contribution in [3.8, 4) is 0 Å². The Morgan fingerprint density at radius 1 is 1.24 bits per heavy atom. The van der Waals surface area contributed by atoms with Crippen molar-refractivity contribution in [3.63, 3.8) is 0 Å². The van der Waals surface area contributed by atoms with Gasteiger partial charge in [-0.25, -0.2) is 4.79 Å². The minimum absolute atomic E-state index is 0.181. The molecule has 0 spiro atoms. The molecular formula is C13H15NO3. The minimum Gasteiger partial charge on any atom is -0.479 e. The van der Waals surface area contributed by atoms with E-state index in [2.05, 4.69) is 5.18 Å². The average Bonchev–Trinajstić information content (AvgIpc) is 2.86. The third-order valence-corrected chi connectivity index (χ3v) is 3.63. The number of hydrogen-bond donors (Lipinski definition) is 1. The van der Waals surface area contributed by atoms with Crippen molar-refractivity contribution < 1.29 is 9.90 Å². The maximum atomic E-state index is 11.5. The lowest BCUT2D eigenvalue weighted by Gasteiger charge is -2.28. The summed E-state index contributed by atoms with van der Waals surface area (Å²) in [6.45, 7) is 0. The molecule has 0 radical (unpaired) electrons. The second-order valence-electron chi connectivity index (χ2n) is 4.51. The van der Waals surface area contributed by atoms with Gasteiger partial charge in [-0.15, -0.1) is 4.91 Å². The molecule has 0 saturated heterocycles. The maximum Gasteiger partial charge on any atom is 0.340 e. The number of benzene rings is 1. The number of rotatable bonds is 4. The van der Waals surface area contributed by atoms with Crippen LogP contribution >= 0.6 is 0 Å². The van der Waals surface area contributed by atoms with E-state index in [9.17, 15) is 14.8 Å². The predicted molar refractivity (Wildman–Crippen MR) is 63.5 cm³/mol. The van der Waals surface area contributed by atoms with E-state index in [0.717, 1.165) is 25.7 Å². The van der Waals surface area contributed by atoms with Gasteiger partial charge in [0, 0.05) is 5.92 Å². The Balaban J connectivity index is 2.49. The van der Waals surface area contributed by atoms with Crippen LogP contribution in [-0.2, 0) is 10.3 Å². The number of nitrogens with zero attached hydrogens (tertiary/aromatic N) is 1. The summed E-state index contributed by atoms with van der Waals surface area (Å²) in [7, 11) is 0. The number of carboxylic acids is 1. The molecule has 1 saturated carbocycles. The van der Waals surface area contributed by atoms with Gasteiger partial charge in [-0.2, -0.15) is 0 Å². The van der Waals surface area contributed by atoms with Crippen molar-refractivity contribution in [1.82, 2.24) is 0 Å². The molecule has 1 N–H and O–H groups in total. The fourth-order valence-corrected chi connectivity index (χ4v) is 2.74. The smallest absolute Gasteiger partial charge is 0.340 e. The van der Waals surface area contributed by atoms with Crippen molar-refractivity contribution in [3.05, 3.63) is 40.8 Å². The molecule has 1 aliphatic carbocycles. The zero-order valence-electron chi connectivity index (χ0n) is 9.50. The van der Waals surface area contributed by atoms with Gasteiger partial charge in [0.2, 0.25) is 5.54 Å². The molecule has 1 aliphatic rings. The Bertz CT molecular complexity index is 412. The Morgan fingerprint density at radius 3 is 2.29 bits per heavy atom. The average molecular weight is 233 g/mol. The van der Waals surface area contributed by atoms with Gasteiger partial charge in [-0.3, -0.25) is 0 Å². The van der Waals surface area contributed by atoms with E-state index < -0.39 is 11.5 Å². The van der Waals surface area contributed by atoms with E-state index in [-0.39, 0.29) is 5.92 Å². The SMILES string of the molecule is O=N[C@@](C(=O)O)(c1ccccc1)C1CCCC1. The molecular weight excluding hydrogens is 218 g/mol. The first-order chi connectivity index (χ1) is 8.21. The molecule has 1 aromatic carbocycles. The molecule has 90 valence electrons. The van der Waals surface area contributed by atoms with E-state index in [1.54, 1.807) is 30.3 Å². The second kappa shape index (κ2) is 4.65. The van der Waals surface area contributed by atoms with Crippen LogP contribution in [0.2, 0.25) is 0 Å². The van der Waals surface area contributed by atoms with Gasteiger partial charge < -0.3 is 5.11 Å². The van der Waals surface area contributed by atoms with Crippen LogP contribution in [-0.4, -0.2) is 11.1 Å². The number of carbonyl (C=O) groups is 1. The van der Waals surface area contributed by atoms with Gasteiger partial charge in [0.05, 0.1) is 0 Å². The van der Waals surface area contributed by atoms with E-state index in [1.165, 1.54) is 0 Å². The van der Waals surface area contributed by atoms with Gasteiger partial charge in [0.1, 0.15) is 0 Å². The van der Waals surface area contributed by atoms with Crippen LogP contribution in [0.15, 0.2) is 35.5 Å². The van der Waals surface area contributed by atoms with Crippen LogP contribution in [0.4, 0.5) is 0 Å². The van der Waals surface area contributed by atoms with Crippen LogP contribution < -0.4 is 0 Å². The summed E-state index contributed by atoms with van der Waals surface area (Å²) in [4.78, 5) is 22.8. The quantitative estimate of drug-likeness (QED) is 0.813. The Kier molecular flexibility index (Phi) is 3.22. The Morgan fingerprint density at radius 2 is 1.82 bits per heavy atom. The highest BCUT2D eigenvalue weighted by Gasteiger charge is 2.50. The predicted octanol–water partition coefficient (Wildman–Crippen LogP) is 2.92. The number of nitroso groups, excluding NO2 is 1. The summed E-state index contributed by atoms with van der Waals surface area (Å²) in [6, 6.07) is 8.64. The number of carboxylic acid groups (broad SMARTS) is 1. The molecule has 0 amide bonds. The fraction of sp³-hybridized carbons (Fsp3) is 0.462.